The molecule has 0 unspecified atom stereocenters. The van der Waals surface area contributed by atoms with E-state index in [9.17, 15) is 4.79 Å². The fraction of sp³-hybridized carbons (Fsp3) is 0.0870. The van der Waals surface area contributed by atoms with Crippen LogP contribution >= 0.6 is 0 Å². The van der Waals surface area contributed by atoms with E-state index in [4.69, 9.17) is 4.98 Å². The number of carbonyl (C=O) groups is 1. The van der Waals surface area contributed by atoms with Crippen LogP contribution in [0.1, 0.15) is 15.9 Å². The number of fused-ring (bicyclic) bond motifs is 2. The maximum Gasteiger partial charge on any atom is 0.253 e. The van der Waals surface area contributed by atoms with E-state index in [2.05, 4.69) is 32.6 Å². The second-order valence-electron chi connectivity index (χ2n) is 6.90. The molecule has 0 saturated carbocycles. The molecule has 0 radical (unpaired) electrons. The highest BCUT2D eigenvalue weighted by atomic mass is 16.1. The van der Waals surface area contributed by atoms with Gasteiger partial charge in [-0.1, -0.05) is 54.6 Å². The van der Waals surface area contributed by atoms with Crippen LogP contribution in [0.2, 0.25) is 0 Å². The molecule has 2 aromatic heterocycles. The number of carbonyl (C=O) groups excluding carboxylic acids is 1. The molecule has 6 heteroatoms. The Labute approximate surface area is 167 Å². The number of imidazole rings is 1. The van der Waals surface area contributed by atoms with Crippen LogP contribution in [0, 0.1) is 0 Å². The Morgan fingerprint density at radius 1 is 0.897 bits per heavy atom. The number of hydrogen-bond donors (Lipinski definition) is 3. The lowest BCUT2D eigenvalue weighted by atomic mass is 10.1. The lowest BCUT2D eigenvalue weighted by molar-refractivity contribution is 0.0955. The number of hydrogen-bond acceptors (Lipinski definition) is 3. The van der Waals surface area contributed by atoms with Crippen LogP contribution in [0.25, 0.3) is 33.5 Å². The minimum atomic E-state index is -0.128. The second-order valence-corrected chi connectivity index (χ2v) is 6.90. The predicted octanol–water partition coefficient (Wildman–Crippen LogP) is 4.08. The Balaban J connectivity index is 1.42. The molecule has 0 spiro atoms. The zero-order valence-corrected chi connectivity index (χ0v) is 15.6. The number of aromatic amines is 2. The minimum Gasteiger partial charge on any atom is -0.352 e. The van der Waals surface area contributed by atoms with Gasteiger partial charge in [-0.25, -0.2) is 4.98 Å². The van der Waals surface area contributed by atoms with Crippen LogP contribution in [-0.2, 0) is 6.42 Å². The summed E-state index contributed by atoms with van der Waals surface area (Å²) in [5, 5.41) is 11.4. The summed E-state index contributed by atoms with van der Waals surface area (Å²) in [6.45, 7) is 0.570. The molecule has 0 aliphatic carbocycles. The third kappa shape index (κ3) is 3.25. The summed E-state index contributed by atoms with van der Waals surface area (Å²) in [5.41, 5.74) is 4.89. The molecule has 5 aromatic rings. The molecule has 0 aliphatic rings. The molecule has 0 fully saturated rings. The van der Waals surface area contributed by atoms with Crippen molar-refractivity contribution < 1.29 is 4.79 Å². The van der Waals surface area contributed by atoms with Gasteiger partial charge in [-0.05, 0) is 30.2 Å². The first-order valence-corrected chi connectivity index (χ1v) is 9.54. The SMILES string of the molecule is O=C(NCCc1ccccc1)c1cccc2[nH]c(-c3n[nH]c4ccccc34)nc12. The topological polar surface area (TPSA) is 86.5 Å². The molecule has 3 aromatic carbocycles. The van der Waals surface area contributed by atoms with Crippen molar-refractivity contribution >= 4 is 27.8 Å². The molecular weight excluding hydrogens is 362 g/mol. The van der Waals surface area contributed by atoms with Gasteiger partial charge in [0.2, 0.25) is 0 Å². The van der Waals surface area contributed by atoms with Crippen molar-refractivity contribution in [3.05, 3.63) is 83.9 Å². The van der Waals surface area contributed by atoms with Gasteiger partial charge in [0.05, 0.1) is 16.6 Å². The molecule has 1 amide bonds. The van der Waals surface area contributed by atoms with Crippen LogP contribution in [-0.4, -0.2) is 32.6 Å². The largest absolute Gasteiger partial charge is 0.352 e. The standard InChI is InChI=1S/C23H19N5O/c29-23(24-14-13-15-7-2-1-3-8-15)17-10-6-12-19-20(17)26-22(25-19)21-16-9-4-5-11-18(16)27-28-21/h1-12H,13-14H2,(H,24,29)(H,25,26)(H,27,28). The van der Waals surface area contributed by atoms with E-state index in [1.54, 1.807) is 6.07 Å². The van der Waals surface area contributed by atoms with Gasteiger partial charge in [-0.15, -0.1) is 0 Å². The number of amides is 1. The van der Waals surface area contributed by atoms with Crippen molar-refractivity contribution in [2.75, 3.05) is 6.54 Å². The molecular formula is C23H19N5O. The average molecular weight is 381 g/mol. The molecule has 3 N–H and O–H groups in total. The highest BCUT2D eigenvalue weighted by Crippen LogP contribution is 2.27. The van der Waals surface area contributed by atoms with Gasteiger partial charge in [0.25, 0.3) is 5.91 Å². The quantitative estimate of drug-likeness (QED) is 0.429. The van der Waals surface area contributed by atoms with E-state index in [1.165, 1.54) is 5.56 Å². The van der Waals surface area contributed by atoms with Crippen LogP contribution in [0.5, 0.6) is 0 Å². The fourth-order valence-corrected chi connectivity index (χ4v) is 3.53. The van der Waals surface area contributed by atoms with E-state index >= 15 is 0 Å². The van der Waals surface area contributed by atoms with E-state index in [0.29, 0.717) is 23.4 Å². The Bertz CT molecular complexity index is 1300. The predicted molar refractivity (Wildman–Crippen MR) is 114 cm³/mol. The molecule has 0 atom stereocenters. The zero-order chi connectivity index (χ0) is 19.6. The highest BCUT2D eigenvalue weighted by molar-refractivity contribution is 6.05. The van der Waals surface area contributed by atoms with Gasteiger partial charge in [0.1, 0.15) is 11.2 Å². The Morgan fingerprint density at radius 3 is 2.59 bits per heavy atom. The minimum absolute atomic E-state index is 0.128. The fourth-order valence-electron chi connectivity index (χ4n) is 3.53. The summed E-state index contributed by atoms with van der Waals surface area (Å²) in [5.74, 6) is 0.512. The number of para-hydroxylation sites is 2. The summed E-state index contributed by atoms with van der Waals surface area (Å²) in [6.07, 6.45) is 0.785. The molecule has 2 heterocycles. The molecule has 0 bridgehead atoms. The molecule has 6 nitrogen and oxygen atoms in total. The summed E-state index contributed by atoms with van der Waals surface area (Å²) < 4.78 is 0. The first kappa shape index (κ1) is 17.2. The molecule has 0 aliphatic heterocycles. The summed E-state index contributed by atoms with van der Waals surface area (Å²) in [4.78, 5) is 20.8. The van der Waals surface area contributed by atoms with Gasteiger partial charge in [-0.3, -0.25) is 9.89 Å². The van der Waals surface area contributed by atoms with E-state index in [-0.39, 0.29) is 5.91 Å². The van der Waals surface area contributed by atoms with Crippen molar-refractivity contribution in [1.82, 2.24) is 25.5 Å². The van der Waals surface area contributed by atoms with Crippen molar-refractivity contribution in [3.8, 4) is 11.5 Å². The number of H-pyrrole nitrogens is 2. The first-order chi connectivity index (χ1) is 14.3. The molecule has 0 saturated heterocycles. The number of nitrogens with one attached hydrogen (secondary N) is 3. The van der Waals surface area contributed by atoms with Crippen molar-refractivity contribution in [2.24, 2.45) is 0 Å². The van der Waals surface area contributed by atoms with Gasteiger partial charge >= 0.3 is 0 Å². The lowest BCUT2D eigenvalue weighted by Crippen LogP contribution is -2.25. The van der Waals surface area contributed by atoms with E-state index in [0.717, 1.165) is 28.5 Å². The summed E-state index contributed by atoms with van der Waals surface area (Å²) >= 11 is 0. The zero-order valence-electron chi connectivity index (χ0n) is 15.6. The number of aromatic nitrogens is 4. The lowest BCUT2D eigenvalue weighted by Gasteiger charge is -2.06. The third-order valence-electron chi connectivity index (χ3n) is 4.99. The average Bonchev–Trinajstić information content (AvgIpc) is 3.38. The van der Waals surface area contributed by atoms with Gasteiger partial charge in [-0.2, -0.15) is 5.10 Å². The third-order valence-corrected chi connectivity index (χ3v) is 4.99. The Hall–Kier alpha value is -3.93. The van der Waals surface area contributed by atoms with Gasteiger partial charge in [0.15, 0.2) is 5.82 Å². The maximum absolute atomic E-state index is 12.8. The first-order valence-electron chi connectivity index (χ1n) is 9.54. The van der Waals surface area contributed by atoms with Crippen LogP contribution in [0.15, 0.2) is 72.8 Å². The van der Waals surface area contributed by atoms with Crippen molar-refractivity contribution in [2.45, 2.75) is 6.42 Å². The smallest absolute Gasteiger partial charge is 0.253 e. The molecule has 29 heavy (non-hydrogen) atoms. The summed E-state index contributed by atoms with van der Waals surface area (Å²) in [6, 6.07) is 23.6. The monoisotopic (exact) mass is 381 g/mol. The van der Waals surface area contributed by atoms with Crippen LogP contribution in [0.3, 0.4) is 0 Å². The number of nitrogens with zero attached hydrogens (tertiary/aromatic N) is 2. The second kappa shape index (κ2) is 7.24. The maximum atomic E-state index is 12.8. The van der Waals surface area contributed by atoms with Crippen LogP contribution in [0.4, 0.5) is 0 Å². The Kier molecular flexibility index (Phi) is 4.29. The van der Waals surface area contributed by atoms with Crippen LogP contribution < -0.4 is 5.32 Å². The number of rotatable bonds is 5. The molecule has 142 valence electrons. The van der Waals surface area contributed by atoms with Crippen molar-refractivity contribution in [1.29, 1.82) is 0 Å². The highest BCUT2D eigenvalue weighted by Gasteiger charge is 2.16. The van der Waals surface area contributed by atoms with Gasteiger partial charge in [0, 0.05) is 11.9 Å². The normalized spacial score (nSPS) is 11.2. The number of benzene rings is 3. The Morgan fingerprint density at radius 2 is 1.69 bits per heavy atom. The van der Waals surface area contributed by atoms with E-state index < -0.39 is 0 Å². The van der Waals surface area contributed by atoms with E-state index in [1.807, 2.05) is 54.6 Å². The summed E-state index contributed by atoms with van der Waals surface area (Å²) in [7, 11) is 0. The van der Waals surface area contributed by atoms with Crippen molar-refractivity contribution in [3.63, 3.8) is 0 Å². The van der Waals surface area contributed by atoms with Gasteiger partial charge < -0.3 is 10.3 Å². The molecule has 5 rings (SSSR count).